The Bertz CT molecular complexity index is 641. The summed E-state index contributed by atoms with van der Waals surface area (Å²) in [7, 11) is -3.92. The fourth-order valence-electron chi connectivity index (χ4n) is 1.42. The first-order valence-electron chi connectivity index (χ1n) is 5.40. The van der Waals surface area contributed by atoms with Gasteiger partial charge in [0.05, 0.1) is 10.5 Å². The first-order chi connectivity index (χ1) is 8.86. The third-order valence-corrected chi connectivity index (χ3v) is 3.20. The monoisotopic (exact) mass is 282 g/mol. The molecule has 0 atom stereocenters. The van der Waals surface area contributed by atoms with E-state index in [4.69, 9.17) is 10.2 Å². The van der Waals surface area contributed by atoms with Crippen LogP contribution in [0.15, 0.2) is 23.1 Å². The highest BCUT2D eigenvalue weighted by Gasteiger charge is 2.15. The summed E-state index contributed by atoms with van der Waals surface area (Å²) in [5.74, 6) is 4.32. The van der Waals surface area contributed by atoms with Gasteiger partial charge in [-0.05, 0) is 25.1 Å². The van der Waals surface area contributed by atoms with Gasteiger partial charge in [0.15, 0.2) is 0 Å². The number of anilines is 1. The topological polar surface area (TPSA) is 109 Å². The van der Waals surface area contributed by atoms with Crippen LogP contribution in [0.2, 0.25) is 0 Å². The van der Waals surface area contributed by atoms with Crippen molar-refractivity contribution >= 4 is 21.7 Å². The fourth-order valence-corrected chi connectivity index (χ4v) is 1.96. The van der Waals surface area contributed by atoms with Gasteiger partial charge in [-0.1, -0.05) is 0 Å². The molecule has 0 fully saturated rings. The Kier molecular flexibility index (Phi) is 4.92. The number of hydrogen-bond acceptors (Lipinski definition) is 4. The molecule has 0 aliphatic rings. The zero-order valence-electron chi connectivity index (χ0n) is 10.3. The lowest BCUT2D eigenvalue weighted by atomic mass is 10.2. The standard InChI is InChI=1S/C12H14N2O4S/c1-2-3-4-7-14-11-6-5-9(19(13,17)18)8-10(11)12(15)16/h5-6,8,14H,4,7H2,1H3,(H,15,16)(H2,13,17,18). The first kappa shape index (κ1) is 15.0. The number of nitrogens with one attached hydrogen (secondary N) is 1. The maximum atomic E-state index is 11.2. The molecular formula is C12H14N2O4S. The van der Waals surface area contributed by atoms with Crippen molar-refractivity contribution in [3.63, 3.8) is 0 Å². The SMILES string of the molecule is CC#CCCNc1ccc(S(N)(=O)=O)cc1C(=O)O. The number of rotatable bonds is 5. The summed E-state index contributed by atoms with van der Waals surface area (Å²) in [5, 5.41) is 16.9. The van der Waals surface area contributed by atoms with Crippen molar-refractivity contribution in [3.8, 4) is 11.8 Å². The second kappa shape index (κ2) is 6.22. The molecule has 6 nitrogen and oxygen atoms in total. The quantitative estimate of drug-likeness (QED) is 0.548. The lowest BCUT2D eigenvalue weighted by Crippen LogP contribution is -2.14. The van der Waals surface area contributed by atoms with Gasteiger partial charge in [0.25, 0.3) is 0 Å². The Labute approximate surface area is 111 Å². The van der Waals surface area contributed by atoms with Gasteiger partial charge in [-0.25, -0.2) is 18.4 Å². The van der Waals surface area contributed by atoms with Gasteiger partial charge >= 0.3 is 5.97 Å². The average molecular weight is 282 g/mol. The van der Waals surface area contributed by atoms with Crippen LogP contribution in [0.5, 0.6) is 0 Å². The van der Waals surface area contributed by atoms with Crippen molar-refractivity contribution in [2.24, 2.45) is 5.14 Å². The lowest BCUT2D eigenvalue weighted by molar-refractivity contribution is 0.0697. The van der Waals surface area contributed by atoms with Crippen LogP contribution < -0.4 is 10.5 Å². The number of carboxylic acid groups (broad SMARTS) is 1. The van der Waals surface area contributed by atoms with E-state index in [1.807, 2.05) is 0 Å². The molecule has 0 aromatic heterocycles. The molecule has 1 aromatic carbocycles. The molecule has 0 amide bonds. The number of nitrogens with two attached hydrogens (primary N) is 1. The van der Waals surface area contributed by atoms with Crippen LogP contribution in [0, 0.1) is 11.8 Å². The van der Waals surface area contributed by atoms with E-state index in [0.29, 0.717) is 18.7 Å². The molecule has 0 aliphatic heterocycles. The molecule has 4 N–H and O–H groups in total. The van der Waals surface area contributed by atoms with E-state index in [1.54, 1.807) is 6.92 Å². The molecule has 1 aromatic rings. The van der Waals surface area contributed by atoms with E-state index in [1.165, 1.54) is 12.1 Å². The molecule has 0 spiro atoms. The van der Waals surface area contributed by atoms with Crippen LogP contribution in [0.25, 0.3) is 0 Å². The number of carbonyl (C=O) groups is 1. The number of sulfonamides is 1. The molecule has 0 saturated heterocycles. The number of primary sulfonamides is 1. The van der Waals surface area contributed by atoms with Gasteiger partial charge in [-0.2, -0.15) is 0 Å². The molecule has 0 unspecified atom stereocenters. The zero-order valence-corrected chi connectivity index (χ0v) is 11.1. The summed E-state index contributed by atoms with van der Waals surface area (Å²) < 4.78 is 22.3. The van der Waals surface area contributed by atoms with Gasteiger partial charge in [0, 0.05) is 18.7 Å². The van der Waals surface area contributed by atoms with Gasteiger partial charge in [-0.3, -0.25) is 0 Å². The van der Waals surface area contributed by atoms with E-state index >= 15 is 0 Å². The largest absolute Gasteiger partial charge is 0.478 e. The molecular weight excluding hydrogens is 268 g/mol. The molecule has 0 saturated carbocycles. The fraction of sp³-hybridized carbons (Fsp3) is 0.250. The number of carboxylic acids is 1. The minimum atomic E-state index is -3.92. The maximum Gasteiger partial charge on any atom is 0.337 e. The third-order valence-electron chi connectivity index (χ3n) is 2.29. The van der Waals surface area contributed by atoms with Gasteiger partial charge < -0.3 is 10.4 Å². The predicted octanol–water partition coefficient (Wildman–Crippen LogP) is 0.858. The van der Waals surface area contributed by atoms with Crippen LogP contribution in [0.1, 0.15) is 23.7 Å². The van der Waals surface area contributed by atoms with Gasteiger partial charge in [-0.15, -0.1) is 11.8 Å². The predicted molar refractivity (Wildman–Crippen MR) is 71.3 cm³/mol. The third kappa shape index (κ3) is 4.28. The van der Waals surface area contributed by atoms with E-state index in [2.05, 4.69) is 17.2 Å². The summed E-state index contributed by atoms with van der Waals surface area (Å²) in [6, 6.07) is 3.67. The molecule has 1 rings (SSSR count). The zero-order chi connectivity index (χ0) is 14.5. The Morgan fingerprint density at radius 2 is 2.16 bits per heavy atom. The highest BCUT2D eigenvalue weighted by molar-refractivity contribution is 7.89. The lowest BCUT2D eigenvalue weighted by Gasteiger charge is -2.09. The second-order valence-electron chi connectivity index (χ2n) is 3.66. The number of aromatic carboxylic acids is 1. The highest BCUT2D eigenvalue weighted by atomic mass is 32.2. The second-order valence-corrected chi connectivity index (χ2v) is 5.22. The Balaban J connectivity index is 3.04. The molecule has 102 valence electrons. The summed E-state index contributed by atoms with van der Waals surface area (Å²) in [6.07, 6.45) is 0.562. The van der Waals surface area contributed by atoms with Crippen LogP contribution in [0.4, 0.5) is 5.69 Å². The van der Waals surface area contributed by atoms with Crippen molar-refractivity contribution in [2.75, 3.05) is 11.9 Å². The number of benzene rings is 1. The van der Waals surface area contributed by atoms with Crippen molar-refractivity contribution < 1.29 is 18.3 Å². The molecule has 0 radical (unpaired) electrons. The molecule has 0 heterocycles. The van der Waals surface area contributed by atoms with E-state index in [9.17, 15) is 13.2 Å². The Hall–Kier alpha value is -2.04. The summed E-state index contributed by atoms with van der Waals surface area (Å²) >= 11 is 0. The van der Waals surface area contributed by atoms with Crippen molar-refractivity contribution in [3.05, 3.63) is 23.8 Å². The Morgan fingerprint density at radius 1 is 1.47 bits per heavy atom. The van der Waals surface area contributed by atoms with E-state index in [0.717, 1.165) is 6.07 Å². The van der Waals surface area contributed by atoms with Crippen molar-refractivity contribution in [1.82, 2.24) is 0 Å². The van der Waals surface area contributed by atoms with Crippen molar-refractivity contribution in [1.29, 1.82) is 0 Å². The van der Waals surface area contributed by atoms with Crippen LogP contribution in [-0.4, -0.2) is 26.0 Å². The summed E-state index contributed by atoms with van der Waals surface area (Å²) in [4.78, 5) is 10.9. The molecule has 0 bridgehead atoms. The van der Waals surface area contributed by atoms with Crippen LogP contribution >= 0.6 is 0 Å². The van der Waals surface area contributed by atoms with E-state index in [-0.39, 0.29) is 10.5 Å². The van der Waals surface area contributed by atoms with E-state index < -0.39 is 16.0 Å². The van der Waals surface area contributed by atoms with Gasteiger partial charge in [0.1, 0.15) is 0 Å². The maximum absolute atomic E-state index is 11.2. The van der Waals surface area contributed by atoms with Crippen molar-refractivity contribution in [2.45, 2.75) is 18.2 Å². The average Bonchev–Trinajstić information content (AvgIpc) is 2.33. The Morgan fingerprint density at radius 3 is 2.68 bits per heavy atom. The van der Waals surface area contributed by atoms with Crippen LogP contribution in [-0.2, 0) is 10.0 Å². The van der Waals surface area contributed by atoms with Crippen LogP contribution in [0.3, 0.4) is 0 Å². The summed E-state index contributed by atoms with van der Waals surface area (Å²) in [5.41, 5.74) is 0.189. The first-order valence-corrected chi connectivity index (χ1v) is 6.94. The molecule has 7 heteroatoms. The minimum absolute atomic E-state index is 0.143. The van der Waals surface area contributed by atoms with Gasteiger partial charge in [0.2, 0.25) is 10.0 Å². The highest BCUT2D eigenvalue weighted by Crippen LogP contribution is 2.20. The minimum Gasteiger partial charge on any atom is -0.478 e. The molecule has 0 aliphatic carbocycles. The number of hydrogen-bond donors (Lipinski definition) is 3. The molecule has 19 heavy (non-hydrogen) atoms. The summed E-state index contributed by atoms with van der Waals surface area (Å²) in [6.45, 7) is 2.18. The normalized spacial score (nSPS) is 10.4. The smallest absolute Gasteiger partial charge is 0.337 e.